The van der Waals surface area contributed by atoms with Gasteiger partial charge in [0.1, 0.15) is 5.60 Å². The van der Waals surface area contributed by atoms with E-state index in [1.165, 1.54) is 12.8 Å². The van der Waals surface area contributed by atoms with Gasteiger partial charge in [-0.05, 0) is 40.0 Å². The molecule has 0 saturated carbocycles. The number of hydrogen-bond donors (Lipinski definition) is 0. The Morgan fingerprint density at radius 3 is 2.45 bits per heavy atom. The average molecular weight is 422 g/mol. The molecule has 0 bridgehead atoms. The summed E-state index contributed by atoms with van der Waals surface area (Å²) >= 11 is 2.48. The molecular weight excluding hydrogens is 391 g/mol. The second-order valence-corrected chi connectivity index (χ2v) is 8.24. The van der Waals surface area contributed by atoms with Crippen LogP contribution in [0, 0.1) is 11.8 Å². The lowest BCUT2D eigenvalue weighted by atomic mass is 10.1. The fourth-order valence-corrected chi connectivity index (χ4v) is 3.05. The van der Waals surface area contributed by atoms with Gasteiger partial charge in [-0.2, -0.15) is 0 Å². The van der Waals surface area contributed by atoms with Crippen LogP contribution in [0.25, 0.3) is 0 Å². The summed E-state index contributed by atoms with van der Waals surface area (Å²) < 4.78 is 11.7. The molecule has 0 aromatic heterocycles. The van der Waals surface area contributed by atoms with Crippen LogP contribution < -0.4 is 0 Å². The second-order valence-electron chi connectivity index (χ2n) is 6.48. The van der Waals surface area contributed by atoms with Gasteiger partial charge in [-0.3, -0.25) is 0 Å². The predicted octanol–water partition coefficient (Wildman–Crippen LogP) is 4.90. The van der Waals surface area contributed by atoms with Crippen LogP contribution in [0.5, 0.6) is 0 Å². The zero-order chi connectivity index (χ0) is 17.0. The molecule has 22 heavy (non-hydrogen) atoms. The zero-order valence-electron chi connectivity index (χ0n) is 14.7. The Kier molecular flexibility index (Phi) is 12.0. The van der Waals surface area contributed by atoms with Gasteiger partial charge in [0.25, 0.3) is 0 Å². The standard InChI is InChI=1S/C18H31IO3/c1-6-8-13-21-16(14-15(19)10-7-2)11-9-12-17(20)22-18(3,4)5/h15-16H,6-8,10-11,13-14H2,1-5H3. The Morgan fingerprint density at radius 1 is 1.23 bits per heavy atom. The van der Waals surface area contributed by atoms with Crippen molar-refractivity contribution in [1.82, 2.24) is 0 Å². The van der Waals surface area contributed by atoms with Crippen LogP contribution in [-0.4, -0.2) is 28.2 Å². The van der Waals surface area contributed by atoms with Gasteiger partial charge < -0.3 is 9.47 Å². The first-order valence-electron chi connectivity index (χ1n) is 8.26. The van der Waals surface area contributed by atoms with E-state index in [4.69, 9.17) is 9.47 Å². The normalized spacial score (nSPS) is 13.9. The van der Waals surface area contributed by atoms with Gasteiger partial charge in [0.15, 0.2) is 0 Å². The molecule has 4 heteroatoms. The third-order valence-corrected chi connectivity index (χ3v) is 4.02. The number of alkyl halides is 1. The van der Waals surface area contributed by atoms with Crippen LogP contribution in [0.15, 0.2) is 0 Å². The summed E-state index contributed by atoms with van der Waals surface area (Å²) in [6.45, 7) is 10.6. The molecular formula is C18H31IO3. The molecule has 0 aromatic carbocycles. The molecule has 0 spiro atoms. The highest BCUT2D eigenvalue weighted by atomic mass is 127. The molecule has 0 heterocycles. The lowest BCUT2D eigenvalue weighted by molar-refractivity contribution is -0.147. The quantitative estimate of drug-likeness (QED) is 0.132. The number of carbonyl (C=O) groups is 1. The average Bonchev–Trinajstić information content (AvgIpc) is 2.36. The van der Waals surface area contributed by atoms with Crippen molar-refractivity contribution >= 4 is 28.6 Å². The highest BCUT2D eigenvalue weighted by molar-refractivity contribution is 14.1. The van der Waals surface area contributed by atoms with Gasteiger partial charge in [-0.1, -0.05) is 55.2 Å². The first-order valence-corrected chi connectivity index (χ1v) is 9.50. The maximum absolute atomic E-state index is 11.6. The van der Waals surface area contributed by atoms with E-state index in [9.17, 15) is 4.79 Å². The lowest BCUT2D eigenvalue weighted by Gasteiger charge is -2.19. The van der Waals surface area contributed by atoms with Gasteiger partial charge in [-0.15, -0.1) is 0 Å². The van der Waals surface area contributed by atoms with Gasteiger partial charge in [0.05, 0.1) is 6.10 Å². The van der Waals surface area contributed by atoms with E-state index >= 15 is 0 Å². The summed E-state index contributed by atoms with van der Waals surface area (Å²) in [5.41, 5.74) is -0.489. The molecule has 0 radical (unpaired) electrons. The summed E-state index contributed by atoms with van der Waals surface area (Å²) in [5.74, 6) is 5.04. The minimum Gasteiger partial charge on any atom is -0.450 e. The Bertz CT molecular complexity index is 363. The largest absolute Gasteiger partial charge is 0.450 e. The van der Waals surface area contributed by atoms with Crippen LogP contribution in [0.2, 0.25) is 0 Å². The van der Waals surface area contributed by atoms with Crippen LogP contribution in [0.3, 0.4) is 0 Å². The molecule has 0 saturated heterocycles. The first-order chi connectivity index (χ1) is 10.3. The molecule has 0 aliphatic rings. The van der Waals surface area contributed by atoms with E-state index in [0.29, 0.717) is 10.3 Å². The van der Waals surface area contributed by atoms with Crippen molar-refractivity contribution in [1.29, 1.82) is 0 Å². The SMILES string of the molecule is CCCCOC(CC#CC(=O)OC(C)(C)C)CC(I)CCC. The van der Waals surface area contributed by atoms with E-state index in [1.807, 2.05) is 20.8 Å². The number of rotatable bonds is 9. The molecule has 0 rings (SSSR count). The van der Waals surface area contributed by atoms with Crippen molar-refractivity contribution in [2.75, 3.05) is 6.61 Å². The number of halogens is 1. The third-order valence-electron chi connectivity index (χ3n) is 2.89. The summed E-state index contributed by atoms with van der Waals surface area (Å²) in [6.07, 6.45) is 6.24. The second kappa shape index (κ2) is 12.2. The third kappa shape index (κ3) is 13.4. The summed E-state index contributed by atoms with van der Waals surface area (Å²) in [5, 5.41) is 0. The zero-order valence-corrected chi connectivity index (χ0v) is 16.9. The highest BCUT2D eigenvalue weighted by Gasteiger charge is 2.15. The van der Waals surface area contributed by atoms with E-state index in [0.717, 1.165) is 25.9 Å². The van der Waals surface area contributed by atoms with Crippen LogP contribution in [0.4, 0.5) is 0 Å². The summed E-state index contributed by atoms with van der Waals surface area (Å²) in [7, 11) is 0. The number of unbranched alkanes of at least 4 members (excludes halogenated alkanes) is 1. The van der Waals surface area contributed by atoms with Crippen molar-refractivity contribution < 1.29 is 14.3 Å². The molecule has 2 atom stereocenters. The van der Waals surface area contributed by atoms with Gasteiger partial charge in [0, 0.05) is 22.9 Å². The topological polar surface area (TPSA) is 35.5 Å². The first kappa shape index (κ1) is 21.7. The van der Waals surface area contributed by atoms with E-state index in [2.05, 4.69) is 48.3 Å². The van der Waals surface area contributed by atoms with Crippen molar-refractivity contribution in [2.24, 2.45) is 0 Å². The smallest absolute Gasteiger partial charge is 0.384 e. The number of carbonyl (C=O) groups excluding carboxylic acids is 1. The maximum atomic E-state index is 11.6. The van der Waals surface area contributed by atoms with E-state index < -0.39 is 11.6 Å². The Balaban J connectivity index is 4.41. The molecule has 0 amide bonds. The highest BCUT2D eigenvalue weighted by Crippen LogP contribution is 2.19. The van der Waals surface area contributed by atoms with Crippen molar-refractivity contribution in [3.05, 3.63) is 0 Å². The molecule has 0 aliphatic heterocycles. The fourth-order valence-electron chi connectivity index (χ4n) is 1.86. The van der Waals surface area contributed by atoms with Crippen LogP contribution in [-0.2, 0) is 14.3 Å². The lowest BCUT2D eigenvalue weighted by Crippen LogP contribution is -2.23. The number of esters is 1. The molecule has 2 unspecified atom stereocenters. The predicted molar refractivity (Wildman–Crippen MR) is 100 cm³/mol. The van der Waals surface area contributed by atoms with Crippen LogP contribution in [0.1, 0.15) is 73.1 Å². The molecule has 0 aromatic rings. The Morgan fingerprint density at radius 2 is 1.91 bits per heavy atom. The Hall–Kier alpha value is -0.280. The monoisotopic (exact) mass is 422 g/mol. The van der Waals surface area contributed by atoms with Gasteiger partial charge >= 0.3 is 5.97 Å². The minimum absolute atomic E-state index is 0.106. The molecule has 128 valence electrons. The molecule has 0 aliphatic carbocycles. The minimum atomic E-state index is -0.489. The Labute approximate surface area is 150 Å². The summed E-state index contributed by atoms with van der Waals surface area (Å²) in [6, 6.07) is 0. The van der Waals surface area contributed by atoms with Crippen molar-refractivity contribution in [3.63, 3.8) is 0 Å². The van der Waals surface area contributed by atoms with E-state index in [1.54, 1.807) is 0 Å². The number of ether oxygens (including phenoxy) is 2. The van der Waals surface area contributed by atoms with E-state index in [-0.39, 0.29) is 6.10 Å². The fraction of sp³-hybridized carbons (Fsp3) is 0.833. The molecule has 3 nitrogen and oxygen atoms in total. The van der Waals surface area contributed by atoms with Gasteiger partial charge in [-0.25, -0.2) is 4.79 Å². The molecule has 0 N–H and O–H groups in total. The summed E-state index contributed by atoms with van der Waals surface area (Å²) in [4.78, 5) is 11.6. The van der Waals surface area contributed by atoms with Crippen molar-refractivity contribution in [3.8, 4) is 11.8 Å². The maximum Gasteiger partial charge on any atom is 0.384 e. The molecule has 0 fully saturated rings. The van der Waals surface area contributed by atoms with Crippen molar-refractivity contribution in [2.45, 2.75) is 88.8 Å². The van der Waals surface area contributed by atoms with Crippen LogP contribution >= 0.6 is 22.6 Å². The number of hydrogen-bond acceptors (Lipinski definition) is 3. The van der Waals surface area contributed by atoms with Gasteiger partial charge in [0.2, 0.25) is 0 Å².